The normalized spacial score (nSPS) is 14.3. The summed E-state index contributed by atoms with van der Waals surface area (Å²) in [5, 5.41) is 3.33. The monoisotopic (exact) mass is 262 g/mol. The van der Waals surface area contributed by atoms with Gasteiger partial charge in [0, 0.05) is 17.7 Å². The zero-order chi connectivity index (χ0) is 13.4. The van der Waals surface area contributed by atoms with Gasteiger partial charge in [-0.3, -0.25) is 4.99 Å². The van der Waals surface area contributed by atoms with Crippen LogP contribution in [0.3, 0.4) is 0 Å². The van der Waals surface area contributed by atoms with Crippen molar-refractivity contribution in [2.75, 3.05) is 13.1 Å². The van der Waals surface area contributed by atoms with E-state index in [4.69, 9.17) is 0 Å². The lowest BCUT2D eigenvalue weighted by Crippen LogP contribution is -2.20. The molecule has 1 aliphatic rings. The van der Waals surface area contributed by atoms with Crippen molar-refractivity contribution in [3.63, 3.8) is 0 Å². The number of aliphatic imine (C=N–C) groups is 1. The maximum absolute atomic E-state index is 4.68. The Balaban J connectivity index is 1.89. The van der Waals surface area contributed by atoms with Gasteiger partial charge in [0.15, 0.2) is 0 Å². The Morgan fingerprint density at radius 3 is 2.50 bits per heavy atom. The molecule has 4 nitrogen and oxygen atoms in total. The van der Waals surface area contributed by atoms with E-state index in [1.165, 1.54) is 0 Å². The van der Waals surface area contributed by atoms with E-state index in [-0.39, 0.29) is 0 Å². The fourth-order valence-electron chi connectivity index (χ4n) is 2.55. The van der Waals surface area contributed by atoms with Gasteiger partial charge in [-0.05, 0) is 12.1 Å². The summed E-state index contributed by atoms with van der Waals surface area (Å²) < 4.78 is 0. The average molecular weight is 262 g/mol. The lowest BCUT2D eigenvalue weighted by Gasteiger charge is -2.07. The van der Waals surface area contributed by atoms with E-state index in [1.807, 2.05) is 36.4 Å². The van der Waals surface area contributed by atoms with Crippen LogP contribution in [-0.2, 0) is 0 Å². The third-order valence-corrected chi connectivity index (χ3v) is 3.50. The van der Waals surface area contributed by atoms with Gasteiger partial charge in [-0.25, -0.2) is 4.98 Å². The molecule has 3 aromatic rings. The standard InChI is InChI=1S/C16H14N4/c1-2-6-12(11(5-1)15-17-9-10-18-15)16-19-13-7-3-4-8-14(13)20-16/h1-8H,9-10H2,(H,17,18)(H,19,20). The van der Waals surface area contributed by atoms with Crippen LogP contribution >= 0.6 is 0 Å². The minimum Gasteiger partial charge on any atom is -0.368 e. The lowest BCUT2D eigenvalue weighted by molar-refractivity contribution is 0.960. The van der Waals surface area contributed by atoms with Crippen LogP contribution in [0.1, 0.15) is 5.56 Å². The molecule has 2 aromatic carbocycles. The molecule has 0 atom stereocenters. The third-order valence-electron chi connectivity index (χ3n) is 3.50. The Kier molecular flexibility index (Phi) is 2.52. The van der Waals surface area contributed by atoms with Gasteiger partial charge >= 0.3 is 0 Å². The van der Waals surface area contributed by atoms with E-state index in [2.05, 4.69) is 32.4 Å². The molecule has 0 saturated heterocycles. The predicted molar refractivity (Wildman–Crippen MR) is 80.9 cm³/mol. The second-order valence-electron chi connectivity index (χ2n) is 4.81. The summed E-state index contributed by atoms with van der Waals surface area (Å²) in [5.41, 5.74) is 4.22. The van der Waals surface area contributed by atoms with Gasteiger partial charge in [-0.1, -0.05) is 36.4 Å². The van der Waals surface area contributed by atoms with Crippen LogP contribution in [0.15, 0.2) is 53.5 Å². The second-order valence-corrected chi connectivity index (χ2v) is 4.81. The van der Waals surface area contributed by atoms with Crippen LogP contribution in [0, 0.1) is 0 Å². The molecule has 0 bridgehead atoms. The molecule has 20 heavy (non-hydrogen) atoms. The summed E-state index contributed by atoms with van der Waals surface area (Å²) in [7, 11) is 0. The van der Waals surface area contributed by atoms with Crippen molar-refractivity contribution in [3.8, 4) is 11.4 Å². The Hall–Kier alpha value is -2.62. The second kappa shape index (κ2) is 4.49. The molecule has 0 saturated carbocycles. The molecule has 0 spiro atoms. The molecule has 0 radical (unpaired) electrons. The van der Waals surface area contributed by atoms with E-state index in [9.17, 15) is 0 Å². The van der Waals surface area contributed by atoms with Crippen molar-refractivity contribution >= 4 is 16.9 Å². The first-order chi connectivity index (χ1) is 9.92. The van der Waals surface area contributed by atoms with E-state index in [0.717, 1.165) is 46.9 Å². The number of aromatic nitrogens is 2. The molecule has 1 aliphatic heterocycles. The van der Waals surface area contributed by atoms with Crippen molar-refractivity contribution < 1.29 is 0 Å². The molecule has 0 unspecified atom stereocenters. The molecular weight excluding hydrogens is 248 g/mol. The number of rotatable bonds is 2. The predicted octanol–water partition coefficient (Wildman–Crippen LogP) is 2.58. The smallest absolute Gasteiger partial charge is 0.139 e. The molecule has 0 amide bonds. The number of fused-ring (bicyclic) bond motifs is 1. The number of hydrogen-bond acceptors (Lipinski definition) is 3. The summed E-state index contributed by atoms with van der Waals surface area (Å²) in [5.74, 6) is 1.85. The van der Waals surface area contributed by atoms with Crippen LogP contribution < -0.4 is 5.32 Å². The summed E-state index contributed by atoms with van der Waals surface area (Å²) in [6.45, 7) is 1.74. The first kappa shape index (κ1) is 11.2. The maximum Gasteiger partial charge on any atom is 0.139 e. The Morgan fingerprint density at radius 2 is 1.70 bits per heavy atom. The van der Waals surface area contributed by atoms with Crippen molar-refractivity contribution in [2.45, 2.75) is 0 Å². The number of para-hydroxylation sites is 2. The van der Waals surface area contributed by atoms with E-state index in [1.54, 1.807) is 0 Å². The minimum atomic E-state index is 0.837. The van der Waals surface area contributed by atoms with Gasteiger partial charge in [-0.2, -0.15) is 0 Å². The highest BCUT2D eigenvalue weighted by molar-refractivity contribution is 6.05. The Bertz CT molecular complexity index is 768. The number of amidine groups is 1. The number of aromatic amines is 1. The highest BCUT2D eigenvalue weighted by Gasteiger charge is 2.15. The van der Waals surface area contributed by atoms with Crippen LogP contribution in [0.25, 0.3) is 22.4 Å². The van der Waals surface area contributed by atoms with Crippen LogP contribution in [0.5, 0.6) is 0 Å². The number of nitrogens with one attached hydrogen (secondary N) is 2. The first-order valence-electron chi connectivity index (χ1n) is 6.75. The fourth-order valence-corrected chi connectivity index (χ4v) is 2.55. The Labute approximate surface area is 116 Å². The van der Waals surface area contributed by atoms with Gasteiger partial charge in [0.2, 0.25) is 0 Å². The van der Waals surface area contributed by atoms with E-state index < -0.39 is 0 Å². The molecule has 0 aliphatic carbocycles. The molecule has 4 heteroatoms. The summed E-state index contributed by atoms with van der Waals surface area (Å²) >= 11 is 0. The topological polar surface area (TPSA) is 53.1 Å². The van der Waals surface area contributed by atoms with E-state index in [0.29, 0.717) is 0 Å². The maximum atomic E-state index is 4.68. The van der Waals surface area contributed by atoms with Crippen LogP contribution in [0.2, 0.25) is 0 Å². The van der Waals surface area contributed by atoms with Gasteiger partial charge in [0.25, 0.3) is 0 Å². The number of benzene rings is 2. The summed E-state index contributed by atoms with van der Waals surface area (Å²) in [6, 6.07) is 16.3. The SMILES string of the molecule is c1ccc(-c2nc3ccccc3[nH]2)c(C2=NCCN2)c1. The summed E-state index contributed by atoms with van der Waals surface area (Å²) in [4.78, 5) is 12.6. The third kappa shape index (κ3) is 1.77. The molecule has 98 valence electrons. The van der Waals surface area contributed by atoms with Crippen LogP contribution in [0.4, 0.5) is 0 Å². The number of H-pyrrole nitrogens is 1. The molecule has 1 aromatic heterocycles. The number of hydrogen-bond donors (Lipinski definition) is 2. The lowest BCUT2D eigenvalue weighted by atomic mass is 10.1. The van der Waals surface area contributed by atoms with Crippen molar-refractivity contribution in [3.05, 3.63) is 54.1 Å². The van der Waals surface area contributed by atoms with Gasteiger partial charge in [0.1, 0.15) is 11.7 Å². The molecule has 2 N–H and O–H groups in total. The highest BCUT2D eigenvalue weighted by Crippen LogP contribution is 2.24. The fraction of sp³-hybridized carbons (Fsp3) is 0.125. The minimum absolute atomic E-state index is 0.837. The van der Waals surface area contributed by atoms with Crippen molar-refractivity contribution in [1.82, 2.24) is 15.3 Å². The van der Waals surface area contributed by atoms with Crippen molar-refractivity contribution in [1.29, 1.82) is 0 Å². The number of imidazole rings is 1. The molecule has 2 heterocycles. The van der Waals surface area contributed by atoms with Crippen molar-refractivity contribution in [2.24, 2.45) is 4.99 Å². The average Bonchev–Trinajstić information content (AvgIpc) is 3.16. The van der Waals surface area contributed by atoms with Gasteiger partial charge in [0.05, 0.1) is 17.6 Å². The zero-order valence-corrected chi connectivity index (χ0v) is 10.9. The van der Waals surface area contributed by atoms with Gasteiger partial charge < -0.3 is 10.3 Å². The zero-order valence-electron chi connectivity index (χ0n) is 10.9. The van der Waals surface area contributed by atoms with Crippen LogP contribution in [-0.4, -0.2) is 28.9 Å². The molecular formula is C16H14N4. The number of nitrogens with zero attached hydrogens (tertiary/aromatic N) is 2. The summed E-state index contributed by atoms with van der Waals surface area (Å²) in [6.07, 6.45) is 0. The van der Waals surface area contributed by atoms with Gasteiger partial charge in [-0.15, -0.1) is 0 Å². The largest absolute Gasteiger partial charge is 0.368 e. The van der Waals surface area contributed by atoms with E-state index >= 15 is 0 Å². The Morgan fingerprint density at radius 1 is 0.900 bits per heavy atom. The molecule has 4 rings (SSSR count). The first-order valence-corrected chi connectivity index (χ1v) is 6.75. The quantitative estimate of drug-likeness (QED) is 0.745. The molecule has 0 fully saturated rings. The highest BCUT2D eigenvalue weighted by atomic mass is 15.1.